The van der Waals surface area contributed by atoms with E-state index in [1.54, 1.807) is 17.7 Å². The van der Waals surface area contributed by atoms with Crippen LogP contribution in [0.15, 0.2) is 43.0 Å². The minimum absolute atomic E-state index is 0.0125. The Morgan fingerprint density at radius 1 is 1.19 bits per heavy atom. The first kappa shape index (κ1) is 20.3. The lowest BCUT2D eigenvalue weighted by atomic mass is 9.78. The van der Waals surface area contributed by atoms with Crippen molar-refractivity contribution in [2.24, 2.45) is 5.41 Å². The summed E-state index contributed by atoms with van der Waals surface area (Å²) in [5.41, 5.74) is 4.31. The maximum atomic E-state index is 12.7. The van der Waals surface area contributed by atoms with Crippen LogP contribution in [0.5, 0.6) is 0 Å². The number of fused-ring (bicyclic) bond motifs is 1. The molecule has 1 atom stereocenters. The zero-order valence-corrected chi connectivity index (χ0v) is 18.7. The van der Waals surface area contributed by atoms with Crippen molar-refractivity contribution in [2.75, 3.05) is 24.7 Å². The van der Waals surface area contributed by atoms with Gasteiger partial charge in [0.2, 0.25) is 0 Å². The molecule has 0 N–H and O–H groups in total. The number of ether oxygens (including phenoxy) is 1. The summed E-state index contributed by atoms with van der Waals surface area (Å²) in [6.45, 7) is 6.43. The molecule has 6 nitrogen and oxygen atoms in total. The van der Waals surface area contributed by atoms with Gasteiger partial charge in [-0.1, -0.05) is 49.4 Å². The van der Waals surface area contributed by atoms with Gasteiger partial charge >= 0.3 is 0 Å². The number of ketones is 1. The third kappa shape index (κ3) is 4.25. The van der Waals surface area contributed by atoms with Crippen LogP contribution in [0.3, 0.4) is 0 Å². The van der Waals surface area contributed by atoms with Crippen LogP contribution in [0, 0.1) is 5.41 Å². The molecule has 31 heavy (non-hydrogen) atoms. The third-order valence-corrected chi connectivity index (χ3v) is 7.17. The second-order valence-corrected chi connectivity index (χ2v) is 10.1. The number of anilines is 1. The molecule has 0 saturated carbocycles. The minimum atomic E-state index is -0.0125. The topological polar surface area (TPSA) is 68.2 Å². The van der Waals surface area contributed by atoms with E-state index in [4.69, 9.17) is 9.72 Å². The third-order valence-electron chi connectivity index (χ3n) is 5.99. The van der Waals surface area contributed by atoms with Gasteiger partial charge in [0.05, 0.1) is 29.8 Å². The van der Waals surface area contributed by atoms with E-state index in [0.717, 1.165) is 46.2 Å². The second-order valence-electron chi connectivity index (χ2n) is 9.17. The average molecular weight is 435 g/mol. The summed E-state index contributed by atoms with van der Waals surface area (Å²) in [4.78, 5) is 29.0. The highest BCUT2D eigenvalue weighted by Gasteiger charge is 2.36. The summed E-state index contributed by atoms with van der Waals surface area (Å²) < 4.78 is 5.83. The molecular formula is C24H26N4O2S. The summed E-state index contributed by atoms with van der Waals surface area (Å²) in [6, 6.07) is 8.70. The van der Waals surface area contributed by atoms with Crippen LogP contribution < -0.4 is 4.90 Å². The Morgan fingerprint density at radius 3 is 2.87 bits per heavy atom. The lowest BCUT2D eigenvalue weighted by molar-refractivity contribution is 0.0915. The molecule has 1 aromatic carbocycles. The number of benzene rings is 1. The fourth-order valence-corrected chi connectivity index (χ4v) is 5.62. The summed E-state index contributed by atoms with van der Waals surface area (Å²) in [7, 11) is 0. The number of aromatic nitrogens is 3. The highest BCUT2D eigenvalue weighted by molar-refractivity contribution is 7.17. The van der Waals surface area contributed by atoms with Crippen LogP contribution in [0.4, 0.5) is 5.13 Å². The number of carbonyl (C=O) groups excluding carboxylic acids is 1. The normalized spacial score (nSPS) is 20.5. The molecule has 1 aliphatic carbocycles. The van der Waals surface area contributed by atoms with Gasteiger partial charge in [-0.2, -0.15) is 0 Å². The number of hydrogen-bond donors (Lipinski definition) is 0. The Morgan fingerprint density at radius 2 is 2.03 bits per heavy atom. The molecule has 7 heteroatoms. The molecule has 0 amide bonds. The van der Waals surface area contributed by atoms with Gasteiger partial charge in [0.1, 0.15) is 6.33 Å². The smallest absolute Gasteiger partial charge is 0.186 e. The average Bonchev–Trinajstić information content (AvgIpc) is 3.18. The first-order valence-electron chi connectivity index (χ1n) is 10.7. The van der Waals surface area contributed by atoms with E-state index in [-0.39, 0.29) is 17.2 Å². The van der Waals surface area contributed by atoms with Crippen molar-refractivity contribution in [3.05, 3.63) is 59.1 Å². The van der Waals surface area contributed by atoms with Gasteiger partial charge in [0.25, 0.3) is 0 Å². The molecule has 5 rings (SSSR count). The van der Waals surface area contributed by atoms with Crippen LogP contribution in [0.2, 0.25) is 0 Å². The summed E-state index contributed by atoms with van der Waals surface area (Å²) in [5.74, 6) is 0.234. The maximum absolute atomic E-state index is 12.7. The largest absolute Gasteiger partial charge is 0.377 e. The van der Waals surface area contributed by atoms with Crippen LogP contribution in [0.25, 0.3) is 11.1 Å². The quantitative estimate of drug-likeness (QED) is 0.613. The second kappa shape index (κ2) is 8.13. The van der Waals surface area contributed by atoms with Crippen molar-refractivity contribution in [3.8, 4) is 11.1 Å². The van der Waals surface area contributed by atoms with E-state index in [1.165, 1.54) is 5.56 Å². The molecule has 2 aromatic heterocycles. The molecular weight excluding hydrogens is 408 g/mol. The number of Topliss-reactive ketones (excluding diaryl/α,β-unsaturated/α-hetero) is 1. The van der Waals surface area contributed by atoms with Crippen LogP contribution >= 0.6 is 11.3 Å². The lowest BCUT2D eigenvalue weighted by Gasteiger charge is -2.35. The van der Waals surface area contributed by atoms with Gasteiger partial charge in [-0.15, -0.1) is 0 Å². The lowest BCUT2D eigenvalue weighted by Crippen LogP contribution is -2.46. The van der Waals surface area contributed by atoms with Crippen molar-refractivity contribution >= 4 is 22.3 Å². The molecule has 1 saturated heterocycles. The SMILES string of the molecule is CC1(C)CC(=O)c2sc(N3CCOC[C@@H]3Cc3cccc(-c4cncnc4)c3)nc2C1. The Kier molecular flexibility index (Phi) is 5.32. The maximum Gasteiger partial charge on any atom is 0.186 e. The predicted octanol–water partition coefficient (Wildman–Crippen LogP) is 4.20. The molecule has 1 fully saturated rings. The van der Waals surface area contributed by atoms with Crippen LogP contribution in [-0.2, 0) is 17.6 Å². The van der Waals surface area contributed by atoms with Crippen LogP contribution in [0.1, 0.15) is 41.2 Å². The predicted molar refractivity (Wildman–Crippen MR) is 122 cm³/mol. The van der Waals surface area contributed by atoms with Gasteiger partial charge in [0, 0.05) is 30.9 Å². The number of hydrogen-bond acceptors (Lipinski definition) is 7. The molecule has 2 aliphatic rings. The van der Waals surface area contributed by atoms with Gasteiger partial charge in [-0.25, -0.2) is 15.0 Å². The highest BCUT2D eigenvalue weighted by Crippen LogP contribution is 2.40. The van der Waals surface area contributed by atoms with E-state index in [0.29, 0.717) is 19.6 Å². The van der Waals surface area contributed by atoms with Gasteiger partial charge in [-0.05, 0) is 29.4 Å². The number of nitrogens with zero attached hydrogens (tertiary/aromatic N) is 4. The van der Waals surface area contributed by atoms with E-state index in [2.05, 4.69) is 53.0 Å². The van der Waals surface area contributed by atoms with Gasteiger partial charge in [-0.3, -0.25) is 4.79 Å². The van der Waals surface area contributed by atoms with E-state index in [9.17, 15) is 4.79 Å². The molecule has 3 heterocycles. The monoisotopic (exact) mass is 434 g/mol. The van der Waals surface area contributed by atoms with Gasteiger partial charge < -0.3 is 9.64 Å². The van der Waals surface area contributed by atoms with Crippen molar-refractivity contribution in [1.82, 2.24) is 15.0 Å². The molecule has 0 bridgehead atoms. The van der Waals surface area contributed by atoms with Crippen molar-refractivity contribution in [3.63, 3.8) is 0 Å². The molecule has 1 aliphatic heterocycles. The number of morpholine rings is 1. The molecule has 0 spiro atoms. The highest BCUT2D eigenvalue weighted by atomic mass is 32.1. The number of rotatable bonds is 4. The van der Waals surface area contributed by atoms with Crippen LogP contribution in [-0.4, -0.2) is 46.5 Å². The molecule has 3 aromatic rings. The van der Waals surface area contributed by atoms with E-state index >= 15 is 0 Å². The number of carbonyl (C=O) groups is 1. The fraction of sp³-hybridized carbons (Fsp3) is 0.417. The van der Waals surface area contributed by atoms with E-state index < -0.39 is 0 Å². The van der Waals surface area contributed by atoms with Crippen molar-refractivity contribution in [2.45, 2.75) is 39.2 Å². The number of thiazole rings is 1. The van der Waals surface area contributed by atoms with Gasteiger partial charge in [0.15, 0.2) is 10.9 Å². The molecule has 0 unspecified atom stereocenters. The van der Waals surface area contributed by atoms with Crippen molar-refractivity contribution < 1.29 is 9.53 Å². The van der Waals surface area contributed by atoms with Crippen molar-refractivity contribution in [1.29, 1.82) is 0 Å². The Hall–Kier alpha value is -2.64. The first-order chi connectivity index (χ1) is 15.0. The fourth-order valence-electron chi connectivity index (χ4n) is 4.50. The van der Waals surface area contributed by atoms with E-state index in [1.807, 2.05) is 12.4 Å². The Bertz CT molecular complexity index is 1100. The first-order valence-corrected chi connectivity index (χ1v) is 11.5. The Labute approximate surface area is 186 Å². The standard InChI is InChI=1S/C24H26N4O2S/c1-24(2)10-20-22(21(29)11-24)31-23(27-20)28-6-7-30-14-19(28)9-16-4-3-5-17(8-16)18-12-25-15-26-13-18/h3-5,8,12-13,15,19H,6-7,9-11,14H2,1-2H3/t19-/m0/s1. The molecule has 160 valence electrons. The molecule has 0 radical (unpaired) electrons. The summed E-state index contributed by atoms with van der Waals surface area (Å²) in [6.07, 6.45) is 7.53. The zero-order chi connectivity index (χ0) is 21.4. The summed E-state index contributed by atoms with van der Waals surface area (Å²) >= 11 is 1.56. The zero-order valence-electron chi connectivity index (χ0n) is 17.9. The Balaban J connectivity index is 1.40. The summed E-state index contributed by atoms with van der Waals surface area (Å²) in [5, 5.41) is 0.956. The minimum Gasteiger partial charge on any atom is -0.377 e.